The molecule has 5 nitrogen and oxygen atoms in total. The van der Waals surface area contributed by atoms with Crippen LogP contribution in [-0.2, 0) is 11.3 Å². The van der Waals surface area contributed by atoms with Crippen LogP contribution in [0.15, 0.2) is 22.7 Å². The molecule has 0 spiro atoms. The van der Waals surface area contributed by atoms with Crippen molar-refractivity contribution in [1.29, 1.82) is 0 Å². The number of hydrogen-bond acceptors (Lipinski definition) is 5. The van der Waals surface area contributed by atoms with Crippen LogP contribution in [0.1, 0.15) is 20.8 Å². The van der Waals surface area contributed by atoms with Gasteiger partial charge in [0, 0.05) is 13.1 Å². The second kappa shape index (κ2) is 6.90. The molecule has 0 aromatic carbocycles. The summed E-state index contributed by atoms with van der Waals surface area (Å²) in [5.74, 6) is 0.897. The summed E-state index contributed by atoms with van der Waals surface area (Å²) in [6.07, 6.45) is 0. The Morgan fingerprint density at radius 3 is 2.90 bits per heavy atom. The van der Waals surface area contributed by atoms with Crippen molar-refractivity contribution >= 4 is 29.0 Å². The number of amides is 1. The minimum Gasteiger partial charge on any atom is -0.355 e. The first-order valence-corrected chi connectivity index (χ1v) is 8.34. The van der Waals surface area contributed by atoms with Gasteiger partial charge in [-0.15, -0.1) is 21.5 Å². The molecule has 20 heavy (non-hydrogen) atoms. The molecule has 0 saturated carbocycles. The van der Waals surface area contributed by atoms with E-state index in [1.165, 1.54) is 11.8 Å². The Morgan fingerprint density at radius 2 is 2.30 bits per heavy atom. The van der Waals surface area contributed by atoms with E-state index in [2.05, 4.69) is 22.4 Å². The summed E-state index contributed by atoms with van der Waals surface area (Å²) >= 11 is 3.08. The molecule has 0 saturated heterocycles. The Balaban J connectivity index is 2.19. The van der Waals surface area contributed by atoms with Gasteiger partial charge in [-0.25, -0.2) is 0 Å². The highest BCUT2D eigenvalue weighted by molar-refractivity contribution is 8.00. The first-order valence-electron chi connectivity index (χ1n) is 6.58. The molecule has 1 N–H and O–H groups in total. The monoisotopic (exact) mass is 310 g/mol. The van der Waals surface area contributed by atoms with E-state index in [1.54, 1.807) is 11.3 Å². The van der Waals surface area contributed by atoms with E-state index in [1.807, 2.05) is 35.9 Å². The SMILES string of the molecule is CCNC(=O)C(C)Sc1nnc(-c2cccs2)n1CC. The zero-order valence-electron chi connectivity index (χ0n) is 11.8. The van der Waals surface area contributed by atoms with Gasteiger partial charge in [-0.2, -0.15) is 0 Å². The molecule has 2 heterocycles. The Kier molecular flexibility index (Phi) is 5.19. The lowest BCUT2D eigenvalue weighted by molar-refractivity contribution is -0.120. The number of thioether (sulfide) groups is 1. The van der Waals surface area contributed by atoms with Crippen molar-refractivity contribution in [2.45, 2.75) is 37.7 Å². The second-order valence-corrected chi connectivity index (χ2v) is 6.44. The standard InChI is InChI=1S/C13H18N4OS2/c1-4-14-12(18)9(3)20-13-16-15-11(17(13)5-2)10-7-6-8-19-10/h6-9H,4-5H2,1-3H3,(H,14,18). The van der Waals surface area contributed by atoms with Crippen LogP contribution in [0.4, 0.5) is 0 Å². The number of hydrogen-bond donors (Lipinski definition) is 1. The van der Waals surface area contributed by atoms with E-state index in [0.29, 0.717) is 6.54 Å². The normalized spacial score (nSPS) is 12.3. The molecule has 1 unspecified atom stereocenters. The van der Waals surface area contributed by atoms with E-state index in [9.17, 15) is 4.79 Å². The summed E-state index contributed by atoms with van der Waals surface area (Å²) in [5.41, 5.74) is 0. The summed E-state index contributed by atoms with van der Waals surface area (Å²) in [6.45, 7) is 7.28. The van der Waals surface area contributed by atoms with E-state index in [-0.39, 0.29) is 11.2 Å². The molecule has 2 rings (SSSR count). The number of rotatable bonds is 6. The second-order valence-electron chi connectivity index (χ2n) is 4.18. The van der Waals surface area contributed by atoms with Crippen molar-refractivity contribution in [2.24, 2.45) is 0 Å². The number of aromatic nitrogens is 3. The average Bonchev–Trinajstić information content (AvgIpc) is 3.07. The number of carbonyl (C=O) groups excluding carboxylic acids is 1. The molecule has 7 heteroatoms. The summed E-state index contributed by atoms with van der Waals surface area (Å²) < 4.78 is 2.05. The fourth-order valence-corrected chi connectivity index (χ4v) is 3.43. The molecule has 0 radical (unpaired) electrons. The topological polar surface area (TPSA) is 59.8 Å². The van der Waals surface area contributed by atoms with Gasteiger partial charge in [0.25, 0.3) is 0 Å². The number of nitrogens with zero attached hydrogens (tertiary/aromatic N) is 3. The molecule has 0 aliphatic heterocycles. The van der Waals surface area contributed by atoms with Gasteiger partial charge in [0.15, 0.2) is 11.0 Å². The molecule has 0 aliphatic rings. The van der Waals surface area contributed by atoms with Gasteiger partial charge in [-0.3, -0.25) is 4.79 Å². The van der Waals surface area contributed by atoms with Crippen LogP contribution in [0.2, 0.25) is 0 Å². The van der Waals surface area contributed by atoms with Gasteiger partial charge in [0.05, 0.1) is 10.1 Å². The summed E-state index contributed by atoms with van der Waals surface area (Å²) in [5, 5.41) is 13.9. The van der Waals surface area contributed by atoms with Crippen molar-refractivity contribution in [2.75, 3.05) is 6.54 Å². The predicted octanol–water partition coefficient (Wildman–Crippen LogP) is 2.64. The molecule has 1 atom stereocenters. The third-order valence-electron chi connectivity index (χ3n) is 2.78. The quantitative estimate of drug-likeness (QED) is 0.833. The highest BCUT2D eigenvalue weighted by Gasteiger charge is 2.19. The van der Waals surface area contributed by atoms with E-state index >= 15 is 0 Å². The van der Waals surface area contributed by atoms with Gasteiger partial charge in [0.2, 0.25) is 5.91 Å². The van der Waals surface area contributed by atoms with Crippen LogP contribution >= 0.6 is 23.1 Å². The lowest BCUT2D eigenvalue weighted by Gasteiger charge is -2.11. The maximum atomic E-state index is 11.8. The maximum absolute atomic E-state index is 11.8. The Bertz CT molecular complexity index is 565. The summed E-state index contributed by atoms with van der Waals surface area (Å²) in [6, 6.07) is 4.03. The Labute approximate surface area is 126 Å². The lowest BCUT2D eigenvalue weighted by atomic mass is 10.4. The minimum absolute atomic E-state index is 0.0285. The molecule has 2 aromatic heterocycles. The Morgan fingerprint density at radius 1 is 1.50 bits per heavy atom. The molecule has 0 bridgehead atoms. The lowest BCUT2D eigenvalue weighted by Crippen LogP contribution is -2.30. The van der Waals surface area contributed by atoms with Crippen molar-refractivity contribution in [3.8, 4) is 10.7 Å². The third-order valence-corrected chi connectivity index (χ3v) is 4.72. The average molecular weight is 310 g/mol. The zero-order valence-corrected chi connectivity index (χ0v) is 13.4. The molecular formula is C13H18N4OS2. The fourth-order valence-electron chi connectivity index (χ4n) is 1.78. The molecule has 2 aromatic rings. The fraction of sp³-hybridized carbons (Fsp3) is 0.462. The summed E-state index contributed by atoms with van der Waals surface area (Å²) in [4.78, 5) is 12.9. The molecular weight excluding hydrogens is 292 g/mol. The van der Waals surface area contributed by atoms with Crippen LogP contribution in [0, 0.1) is 0 Å². The number of nitrogens with one attached hydrogen (secondary N) is 1. The maximum Gasteiger partial charge on any atom is 0.233 e. The zero-order chi connectivity index (χ0) is 14.5. The first-order chi connectivity index (χ1) is 9.67. The number of carbonyl (C=O) groups is 1. The van der Waals surface area contributed by atoms with Crippen LogP contribution in [0.25, 0.3) is 10.7 Å². The van der Waals surface area contributed by atoms with Crippen molar-refractivity contribution in [3.05, 3.63) is 17.5 Å². The minimum atomic E-state index is -0.180. The molecule has 0 aliphatic carbocycles. The van der Waals surface area contributed by atoms with Crippen LogP contribution in [0.3, 0.4) is 0 Å². The molecule has 0 fully saturated rings. The molecule has 108 valence electrons. The summed E-state index contributed by atoms with van der Waals surface area (Å²) in [7, 11) is 0. The van der Waals surface area contributed by atoms with Crippen LogP contribution in [0.5, 0.6) is 0 Å². The van der Waals surface area contributed by atoms with Crippen molar-refractivity contribution in [1.82, 2.24) is 20.1 Å². The van der Waals surface area contributed by atoms with E-state index in [4.69, 9.17) is 0 Å². The van der Waals surface area contributed by atoms with Crippen LogP contribution in [-0.4, -0.2) is 32.5 Å². The largest absolute Gasteiger partial charge is 0.355 e. The van der Waals surface area contributed by atoms with Gasteiger partial charge < -0.3 is 9.88 Å². The van der Waals surface area contributed by atoms with Gasteiger partial charge in [-0.1, -0.05) is 17.8 Å². The highest BCUT2D eigenvalue weighted by atomic mass is 32.2. The van der Waals surface area contributed by atoms with Gasteiger partial charge >= 0.3 is 0 Å². The van der Waals surface area contributed by atoms with Gasteiger partial charge in [-0.05, 0) is 32.2 Å². The smallest absolute Gasteiger partial charge is 0.233 e. The van der Waals surface area contributed by atoms with Crippen LogP contribution < -0.4 is 5.32 Å². The highest BCUT2D eigenvalue weighted by Crippen LogP contribution is 2.28. The Hall–Kier alpha value is -1.34. The van der Waals surface area contributed by atoms with E-state index < -0.39 is 0 Å². The van der Waals surface area contributed by atoms with E-state index in [0.717, 1.165) is 22.4 Å². The predicted molar refractivity (Wildman–Crippen MR) is 83.0 cm³/mol. The first kappa shape index (κ1) is 15.1. The number of thiophene rings is 1. The van der Waals surface area contributed by atoms with Crippen molar-refractivity contribution in [3.63, 3.8) is 0 Å². The third kappa shape index (κ3) is 3.21. The van der Waals surface area contributed by atoms with Gasteiger partial charge in [0.1, 0.15) is 0 Å². The molecule has 1 amide bonds. The van der Waals surface area contributed by atoms with Crippen molar-refractivity contribution < 1.29 is 4.79 Å².